The van der Waals surface area contributed by atoms with Crippen molar-refractivity contribution in [2.75, 3.05) is 7.11 Å². The van der Waals surface area contributed by atoms with E-state index in [1.807, 2.05) is 18.2 Å². The van der Waals surface area contributed by atoms with Gasteiger partial charge in [0, 0.05) is 11.8 Å². The van der Waals surface area contributed by atoms with Crippen molar-refractivity contribution in [1.82, 2.24) is 0 Å². The number of benzene rings is 3. The lowest BCUT2D eigenvalue weighted by Gasteiger charge is -2.05. The molecule has 4 nitrogen and oxygen atoms in total. The van der Waals surface area contributed by atoms with Crippen molar-refractivity contribution in [2.45, 2.75) is 12.8 Å². The van der Waals surface area contributed by atoms with E-state index in [4.69, 9.17) is 9.15 Å². The number of phenols is 2. The molecule has 126 valence electrons. The number of rotatable bonds is 4. The minimum atomic E-state index is -0.205. The third-order valence-corrected chi connectivity index (χ3v) is 4.46. The van der Waals surface area contributed by atoms with Crippen LogP contribution in [0, 0.1) is 0 Å². The summed E-state index contributed by atoms with van der Waals surface area (Å²) in [7, 11) is 1.67. The van der Waals surface area contributed by atoms with Crippen LogP contribution in [0.5, 0.6) is 17.2 Å². The highest BCUT2D eigenvalue weighted by Gasteiger charge is 2.11. The van der Waals surface area contributed by atoms with E-state index in [1.165, 1.54) is 17.0 Å². The summed E-state index contributed by atoms with van der Waals surface area (Å²) in [6.45, 7) is 0. The van der Waals surface area contributed by atoms with Gasteiger partial charge >= 0.3 is 0 Å². The lowest BCUT2D eigenvalue weighted by molar-refractivity contribution is 0.398. The quantitative estimate of drug-likeness (QED) is 0.527. The first-order valence-corrected chi connectivity index (χ1v) is 8.14. The van der Waals surface area contributed by atoms with Crippen molar-refractivity contribution in [3.05, 3.63) is 65.9 Å². The molecule has 0 aliphatic carbocycles. The Bertz CT molecular complexity index is 1060. The Labute approximate surface area is 144 Å². The first-order chi connectivity index (χ1) is 12.1. The lowest BCUT2D eigenvalue weighted by atomic mass is 10.0. The van der Waals surface area contributed by atoms with Gasteiger partial charge in [-0.1, -0.05) is 24.3 Å². The number of ether oxygens (including phenoxy) is 1. The van der Waals surface area contributed by atoms with E-state index < -0.39 is 0 Å². The maximum Gasteiger partial charge on any atom is 0.201 e. The molecule has 3 aromatic carbocycles. The fourth-order valence-corrected chi connectivity index (χ4v) is 3.08. The van der Waals surface area contributed by atoms with E-state index in [1.54, 1.807) is 13.2 Å². The summed E-state index contributed by atoms with van der Waals surface area (Å²) in [5.41, 5.74) is 1.55. The normalized spacial score (nSPS) is 11.2. The molecule has 0 atom stereocenters. The molecule has 4 heteroatoms. The smallest absolute Gasteiger partial charge is 0.201 e. The molecule has 1 aromatic heterocycles. The first-order valence-electron chi connectivity index (χ1n) is 8.14. The number of fused-ring (bicyclic) bond motifs is 2. The van der Waals surface area contributed by atoms with Gasteiger partial charge in [-0.2, -0.15) is 0 Å². The number of furan rings is 1. The minimum Gasteiger partial charge on any atom is -0.504 e. The molecule has 0 saturated carbocycles. The number of phenolic OH excluding ortho intramolecular Hbond substituents is 2. The molecule has 2 N–H and O–H groups in total. The molecule has 0 aliphatic heterocycles. The summed E-state index contributed by atoms with van der Waals surface area (Å²) < 4.78 is 10.9. The molecule has 0 saturated heterocycles. The van der Waals surface area contributed by atoms with E-state index in [9.17, 15) is 10.2 Å². The zero-order valence-electron chi connectivity index (χ0n) is 13.8. The summed E-state index contributed by atoms with van der Waals surface area (Å²) in [5, 5.41) is 22.5. The number of hydrogen-bond donors (Lipinski definition) is 2. The van der Waals surface area contributed by atoms with E-state index in [2.05, 4.69) is 24.3 Å². The Hall–Kier alpha value is -3.14. The van der Waals surface area contributed by atoms with E-state index in [0.717, 1.165) is 35.1 Å². The summed E-state index contributed by atoms with van der Waals surface area (Å²) in [5.74, 6) is 1.26. The molecule has 0 fully saturated rings. The van der Waals surface area contributed by atoms with Crippen molar-refractivity contribution < 1.29 is 19.4 Å². The molecule has 0 amide bonds. The van der Waals surface area contributed by atoms with Crippen LogP contribution in [0.1, 0.15) is 11.3 Å². The highest BCUT2D eigenvalue weighted by atomic mass is 16.5. The minimum absolute atomic E-state index is 0.168. The van der Waals surface area contributed by atoms with Gasteiger partial charge in [0.05, 0.1) is 7.11 Å². The Kier molecular flexibility index (Phi) is 3.73. The number of methoxy groups -OCH3 is 1. The summed E-state index contributed by atoms with van der Waals surface area (Å²) in [6.07, 6.45) is 1.55. The predicted octanol–water partition coefficient (Wildman–Crippen LogP) is 4.79. The monoisotopic (exact) mass is 334 g/mol. The Morgan fingerprint density at radius 2 is 1.60 bits per heavy atom. The molecule has 4 rings (SSSR count). The van der Waals surface area contributed by atoms with Gasteiger partial charge in [0.1, 0.15) is 11.5 Å². The second-order valence-corrected chi connectivity index (χ2v) is 6.11. The van der Waals surface area contributed by atoms with E-state index in [0.29, 0.717) is 5.58 Å². The third kappa shape index (κ3) is 2.87. The van der Waals surface area contributed by atoms with Crippen LogP contribution in [0.25, 0.3) is 21.7 Å². The largest absolute Gasteiger partial charge is 0.504 e. The van der Waals surface area contributed by atoms with Crippen molar-refractivity contribution in [1.29, 1.82) is 0 Å². The third-order valence-electron chi connectivity index (χ3n) is 4.46. The van der Waals surface area contributed by atoms with E-state index >= 15 is 0 Å². The lowest BCUT2D eigenvalue weighted by Crippen LogP contribution is -1.90. The number of aromatic hydroxyl groups is 2. The topological polar surface area (TPSA) is 62.8 Å². The summed E-state index contributed by atoms with van der Waals surface area (Å²) in [6, 6.07) is 17.5. The summed E-state index contributed by atoms with van der Waals surface area (Å²) in [4.78, 5) is 0. The summed E-state index contributed by atoms with van der Waals surface area (Å²) >= 11 is 0. The van der Waals surface area contributed by atoms with Gasteiger partial charge in [-0.25, -0.2) is 0 Å². The van der Waals surface area contributed by atoms with Gasteiger partial charge in [-0.3, -0.25) is 0 Å². The maximum atomic E-state index is 9.86. The van der Waals surface area contributed by atoms with Crippen LogP contribution in [0.4, 0.5) is 0 Å². The average Bonchev–Trinajstić information content (AvgIpc) is 3.06. The van der Waals surface area contributed by atoms with Crippen LogP contribution in [0.15, 0.2) is 59.0 Å². The number of aryl methyl sites for hydroxylation is 2. The zero-order valence-corrected chi connectivity index (χ0v) is 13.8. The van der Waals surface area contributed by atoms with Gasteiger partial charge in [0.2, 0.25) is 5.75 Å². The fourth-order valence-electron chi connectivity index (χ4n) is 3.08. The molecule has 0 radical (unpaired) electrons. The second kappa shape index (κ2) is 6.06. The molecule has 0 unspecified atom stereocenters. The Morgan fingerprint density at radius 1 is 0.840 bits per heavy atom. The highest BCUT2D eigenvalue weighted by molar-refractivity contribution is 5.86. The highest BCUT2D eigenvalue weighted by Crippen LogP contribution is 2.35. The van der Waals surface area contributed by atoms with Gasteiger partial charge in [0.15, 0.2) is 11.3 Å². The van der Waals surface area contributed by atoms with Crippen LogP contribution in [-0.2, 0) is 12.8 Å². The Morgan fingerprint density at radius 3 is 2.44 bits per heavy atom. The van der Waals surface area contributed by atoms with Crippen molar-refractivity contribution in [3.8, 4) is 17.2 Å². The van der Waals surface area contributed by atoms with Gasteiger partial charge < -0.3 is 19.4 Å². The van der Waals surface area contributed by atoms with Crippen LogP contribution >= 0.6 is 0 Å². The first kappa shape index (κ1) is 15.4. The van der Waals surface area contributed by atoms with Gasteiger partial charge in [0.25, 0.3) is 0 Å². The van der Waals surface area contributed by atoms with E-state index in [-0.39, 0.29) is 11.5 Å². The van der Waals surface area contributed by atoms with Gasteiger partial charge in [-0.05, 0) is 53.1 Å². The molecular weight excluding hydrogens is 316 g/mol. The molecule has 0 aliphatic rings. The fraction of sp³-hybridized carbons (Fsp3) is 0.143. The molecular formula is C21H18O4. The standard InChI is InChI=1S/C21H18O4/c1-24-17-8-5-14-10-13(2-4-15(14)11-17)3-7-18-12-16-6-9-19(22)20(23)21(16)25-18/h2,4-6,8-12,22-23H,3,7H2,1H3. The average molecular weight is 334 g/mol. The van der Waals surface area contributed by atoms with Crippen LogP contribution in [0.2, 0.25) is 0 Å². The second-order valence-electron chi connectivity index (χ2n) is 6.11. The molecule has 25 heavy (non-hydrogen) atoms. The van der Waals surface area contributed by atoms with Crippen LogP contribution in [-0.4, -0.2) is 17.3 Å². The van der Waals surface area contributed by atoms with Crippen molar-refractivity contribution in [2.24, 2.45) is 0 Å². The SMILES string of the molecule is COc1ccc2cc(CCc3cc4ccc(O)c(O)c4o3)ccc2c1. The van der Waals surface area contributed by atoms with Crippen molar-refractivity contribution >= 4 is 21.7 Å². The number of hydrogen-bond acceptors (Lipinski definition) is 4. The molecule has 0 spiro atoms. The van der Waals surface area contributed by atoms with Crippen LogP contribution in [0.3, 0.4) is 0 Å². The molecule has 1 heterocycles. The Balaban J connectivity index is 1.56. The molecule has 4 aromatic rings. The van der Waals surface area contributed by atoms with Gasteiger partial charge in [-0.15, -0.1) is 0 Å². The maximum absolute atomic E-state index is 9.86. The zero-order chi connectivity index (χ0) is 17.4. The predicted molar refractivity (Wildman–Crippen MR) is 97.5 cm³/mol. The molecule has 0 bridgehead atoms. The van der Waals surface area contributed by atoms with Crippen molar-refractivity contribution in [3.63, 3.8) is 0 Å². The van der Waals surface area contributed by atoms with Crippen LogP contribution < -0.4 is 4.74 Å².